The molecular formula is C32H46N4O3. The van der Waals surface area contributed by atoms with Crippen LogP contribution in [0.3, 0.4) is 0 Å². The van der Waals surface area contributed by atoms with Gasteiger partial charge in [0, 0.05) is 26.4 Å². The summed E-state index contributed by atoms with van der Waals surface area (Å²) in [6, 6.07) is 0. The molecule has 0 atom stereocenters. The van der Waals surface area contributed by atoms with Gasteiger partial charge < -0.3 is 15.8 Å². The van der Waals surface area contributed by atoms with Gasteiger partial charge in [-0.15, -0.1) is 0 Å². The van der Waals surface area contributed by atoms with E-state index < -0.39 is 0 Å². The predicted octanol–water partition coefficient (Wildman–Crippen LogP) is 6.13. The molecule has 0 spiro atoms. The van der Waals surface area contributed by atoms with E-state index in [2.05, 4.69) is 89.4 Å². The Balaban J connectivity index is 1.97. The molecule has 39 heavy (non-hydrogen) atoms. The molecule has 7 heteroatoms. The largest absolute Gasteiger partial charge is 0.618 e. The summed E-state index contributed by atoms with van der Waals surface area (Å²) in [6.45, 7) is 4.80. The topological polar surface area (TPSA) is 98.0 Å². The highest BCUT2D eigenvalue weighted by molar-refractivity contribution is 5.91. The molecule has 7 nitrogen and oxygen atoms in total. The fraction of sp³-hybridized carbons (Fsp3) is 0.438. The van der Waals surface area contributed by atoms with Crippen LogP contribution in [0.1, 0.15) is 87.3 Å². The quantitative estimate of drug-likeness (QED) is 0.0910. The maximum Gasteiger partial charge on any atom is 0.276 e. The van der Waals surface area contributed by atoms with Crippen molar-refractivity contribution in [3.8, 4) is 0 Å². The van der Waals surface area contributed by atoms with Crippen molar-refractivity contribution in [1.29, 1.82) is 0 Å². The van der Waals surface area contributed by atoms with Crippen molar-refractivity contribution in [3.63, 3.8) is 0 Å². The first kappa shape index (κ1) is 33.3. The van der Waals surface area contributed by atoms with Gasteiger partial charge >= 0.3 is 0 Å². The molecule has 0 unspecified atom stereocenters. The normalized spacial score (nSPS) is 12.3. The van der Waals surface area contributed by atoms with Crippen LogP contribution in [0.15, 0.2) is 85.3 Å². The summed E-state index contributed by atoms with van der Waals surface area (Å²) in [5, 5.41) is 17.1. The first-order valence-electron chi connectivity index (χ1n) is 14.0. The minimum absolute atomic E-state index is 0.0300. The van der Waals surface area contributed by atoms with E-state index >= 15 is 0 Å². The van der Waals surface area contributed by atoms with Gasteiger partial charge in [-0.1, -0.05) is 79.8 Å². The highest BCUT2D eigenvalue weighted by Crippen LogP contribution is 1.98. The molecule has 0 saturated heterocycles. The molecule has 2 N–H and O–H groups in total. The number of allylic oxidation sites excluding steroid dienone is 12. The molecule has 0 bridgehead atoms. The van der Waals surface area contributed by atoms with Crippen LogP contribution >= 0.6 is 0 Å². The van der Waals surface area contributed by atoms with E-state index in [1.807, 2.05) is 6.08 Å². The minimum Gasteiger partial charge on any atom is -0.618 e. The standard InChI is InChI=1S/C32H46N4O3/c1-3-4-5-6-7-8-9-10-11-12-13-14-15-16-17-18-19-20-21-24-31(37)33-25-22-23-26-34-32(38)30-28-36(39)29(2)27-35-30/h4-5,7-8,10-11,13-14,16-17,19-20,27-28H,3,6,9,12,15,18,21-26H2,1-2H3,(H,33,37)(H,34,38)/b5-4-,8-7-,11-10-,14-13-,17-16-,20-19-. The number of nitrogens with one attached hydrogen (secondary N) is 2. The van der Waals surface area contributed by atoms with Gasteiger partial charge in [0.15, 0.2) is 5.69 Å². The second-order valence-corrected chi connectivity index (χ2v) is 9.01. The Morgan fingerprint density at radius 3 is 1.79 bits per heavy atom. The van der Waals surface area contributed by atoms with Crippen molar-refractivity contribution < 1.29 is 14.3 Å². The highest BCUT2D eigenvalue weighted by Gasteiger charge is 2.11. The Kier molecular flexibility index (Phi) is 20.0. The number of aryl methyl sites for hydroxylation is 1. The zero-order valence-electron chi connectivity index (χ0n) is 23.7. The van der Waals surface area contributed by atoms with Crippen molar-refractivity contribution in [2.45, 2.75) is 78.1 Å². The third-order valence-corrected chi connectivity index (χ3v) is 5.56. The van der Waals surface area contributed by atoms with Crippen molar-refractivity contribution in [3.05, 3.63) is 102 Å². The van der Waals surface area contributed by atoms with Crippen LogP contribution in [-0.2, 0) is 4.79 Å². The molecule has 0 saturated carbocycles. The summed E-state index contributed by atoms with van der Waals surface area (Å²) < 4.78 is 0.623. The van der Waals surface area contributed by atoms with E-state index in [-0.39, 0.29) is 17.5 Å². The van der Waals surface area contributed by atoms with Crippen molar-refractivity contribution in [1.82, 2.24) is 15.6 Å². The van der Waals surface area contributed by atoms with Gasteiger partial charge in [-0.25, -0.2) is 4.98 Å². The molecular weight excluding hydrogens is 488 g/mol. The molecule has 1 rings (SSSR count). The van der Waals surface area contributed by atoms with Gasteiger partial charge in [0.1, 0.15) is 0 Å². The highest BCUT2D eigenvalue weighted by atomic mass is 16.5. The average molecular weight is 535 g/mol. The first-order chi connectivity index (χ1) is 19.0. The molecule has 1 aromatic heterocycles. The van der Waals surface area contributed by atoms with Gasteiger partial charge in [-0.2, -0.15) is 4.73 Å². The Labute approximate surface area is 234 Å². The fourth-order valence-electron chi connectivity index (χ4n) is 3.30. The van der Waals surface area contributed by atoms with E-state index in [0.717, 1.165) is 57.8 Å². The number of nitrogens with zero attached hydrogens (tertiary/aromatic N) is 2. The molecule has 212 valence electrons. The number of amides is 2. The van der Waals surface area contributed by atoms with Gasteiger partial charge in [0.05, 0.1) is 6.20 Å². The number of hydrogen-bond donors (Lipinski definition) is 2. The summed E-state index contributed by atoms with van der Waals surface area (Å²) in [6.07, 6.45) is 37.0. The SMILES string of the molecule is CC/C=C\C/C=C\C/C=C\C/C=C\C/C=C\C/C=C\CCC(=O)NCCCCNC(=O)c1c[n+]([O-])c(C)cn1. The summed E-state index contributed by atoms with van der Waals surface area (Å²) >= 11 is 0. The number of unbranched alkanes of at least 4 members (excludes halogenated alkanes) is 1. The molecule has 0 aliphatic carbocycles. The van der Waals surface area contributed by atoms with Crippen LogP contribution < -0.4 is 15.4 Å². The summed E-state index contributed by atoms with van der Waals surface area (Å²) in [7, 11) is 0. The van der Waals surface area contributed by atoms with Crippen LogP contribution in [0.4, 0.5) is 0 Å². The van der Waals surface area contributed by atoms with E-state index in [0.29, 0.717) is 29.9 Å². The van der Waals surface area contributed by atoms with Crippen LogP contribution in [-0.4, -0.2) is 29.9 Å². The van der Waals surface area contributed by atoms with Crippen molar-refractivity contribution >= 4 is 11.8 Å². The lowest BCUT2D eigenvalue weighted by Gasteiger charge is -2.06. The minimum atomic E-state index is -0.375. The fourth-order valence-corrected chi connectivity index (χ4v) is 3.30. The molecule has 0 aromatic carbocycles. The average Bonchev–Trinajstić information content (AvgIpc) is 2.93. The number of aromatic nitrogens is 2. The zero-order valence-corrected chi connectivity index (χ0v) is 23.7. The van der Waals surface area contributed by atoms with Gasteiger partial charge in [0.2, 0.25) is 17.8 Å². The number of carbonyl (C=O) groups is 2. The van der Waals surface area contributed by atoms with Crippen LogP contribution in [0, 0.1) is 12.1 Å². The molecule has 0 aliphatic rings. The van der Waals surface area contributed by atoms with E-state index in [1.54, 1.807) is 6.92 Å². The Morgan fingerprint density at radius 1 is 0.795 bits per heavy atom. The van der Waals surface area contributed by atoms with E-state index in [1.165, 1.54) is 12.4 Å². The smallest absolute Gasteiger partial charge is 0.276 e. The van der Waals surface area contributed by atoms with Gasteiger partial charge in [-0.3, -0.25) is 9.59 Å². The third kappa shape index (κ3) is 19.1. The summed E-state index contributed by atoms with van der Waals surface area (Å²) in [4.78, 5) is 27.9. The Hall–Kier alpha value is -3.74. The Bertz CT molecular complexity index is 1010. The van der Waals surface area contributed by atoms with E-state index in [4.69, 9.17) is 0 Å². The predicted molar refractivity (Wildman–Crippen MR) is 160 cm³/mol. The Morgan fingerprint density at radius 2 is 1.28 bits per heavy atom. The van der Waals surface area contributed by atoms with Crippen molar-refractivity contribution in [2.24, 2.45) is 0 Å². The maximum absolute atomic E-state index is 12.0. The monoisotopic (exact) mass is 534 g/mol. The van der Waals surface area contributed by atoms with Crippen LogP contribution in [0.25, 0.3) is 0 Å². The summed E-state index contributed by atoms with van der Waals surface area (Å²) in [5.41, 5.74) is 0.529. The van der Waals surface area contributed by atoms with Crippen molar-refractivity contribution in [2.75, 3.05) is 13.1 Å². The molecule has 2 amide bonds. The van der Waals surface area contributed by atoms with Crippen LogP contribution in [0.2, 0.25) is 0 Å². The molecule has 1 aromatic rings. The first-order valence-corrected chi connectivity index (χ1v) is 14.0. The number of rotatable bonds is 20. The lowest BCUT2D eigenvalue weighted by molar-refractivity contribution is -0.613. The van der Waals surface area contributed by atoms with Gasteiger partial charge in [-0.05, 0) is 57.8 Å². The zero-order chi connectivity index (χ0) is 28.4. The molecule has 0 fully saturated rings. The maximum atomic E-state index is 12.0. The molecule has 0 aliphatic heterocycles. The lowest BCUT2D eigenvalue weighted by Crippen LogP contribution is -2.34. The van der Waals surface area contributed by atoms with Gasteiger partial charge in [0.25, 0.3) is 5.91 Å². The van der Waals surface area contributed by atoms with Crippen LogP contribution in [0.5, 0.6) is 0 Å². The summed E-state index contributed by atoms with van der Waals surface area (Å²) in [5.74, 6) is -0.345. The second kappa shape index (κ2) is 23.4. The number of hydrogen-bond acceptors (Lipinski definition) is 4. The molecule has 0 radical (unpaired) electrons. The van der Waals surface area contributed by atoms with E-state index in [9.17, 15) is 14.8 Å². The number of carbonyl (C=O) groups excluding carboxylic acids is 2. The third-order valence-electron chi connectivity index (χ3n) is 5.56. The second-order valence-electron chi connectivity index (χ2n) is 9.01. The molecule has 1 heterocycles. The lowest BCUT2D eigenvalue weighted by atomic mass is 10.2.